The predicted octanol–water partition coefficient (Wildman–Crippen LogP) is 6.41. The zero-order chi connectivity index (χ0) is 22.2. The van der Waals surface area contributed by atoms with Gasteiger partial charge in [0.05, 0.1) is 4.90 Å². The van der Waals surface area contributed by atoms with Crippen molar-refractivity contribution in [1.29, 1.82) is 0 Å². The number of pyridine rings is 1. The van der Waals surface area contributed by atoms with Crippen molar-refractivity contribution in [2.75, 3.05) is 31.0 Å². The molecule has 1 aliphatic heterocycles. The molecule has 1 aromatic heterocycles. The summed E-state index contributed by atoms with van der Waals surface area (Å²) < 4.78 is 22.5. The van der Waals surface area contributed by atoms with Crippen LogP contribution in [0.1, 0.15) is 64.4 Å². The van der Waals surface area contributed by atoms with Crippen LogP contribution in [0.15, 0.2) is 41.6 Å². The van der Waals surface area contributed by atoms with E-state index in [1.54, 1.807) is 12.3 Å². The van der Waals surface area contributed by atoms with Gasteiger partial charge < -0.3 is 4.90 Å². The number of rotatable bonds is 7. The third-order valence-corrected chi connectivity index (χ3v) is 7.18. The fourth-order valence-corrected chi connectivity index (χ4v) is 4.54. The average Bonchev–Trinajstić information content (AvgIpc) is 2.71. The van der Waals surface area contributed by atoms with Gasteiger partial charge in [0.2, 0.25) is 0 Å². The lowest BCUT2D eigenvalue weighted by atomic mass is 9.97. The molecule has 0 bridgehead atoms. The maximum atomic E-state index is 12.4. The van der Waals surface area contributed by atoms with E-state index in [1.807, 2.05) is 0 Å². The van der Waals surface area contributed by atoms with Gasteiger partial charge in [0.1, 0.15) is 0 Å². The van der Waals surface area contributed by atoms with E-state index in [-0.39, 0.29) is 0 Å². The van der Waals surface area contributed by atoms with Crippen molar-refractivity contribution in [3.05, 3.63) is 42.2 Å². The minimum absolute atomic E-state index is 0.379. The first kappa shape index (κ1) is 24.5. The molecule has 0 aliphatic carbocycles. The van der Waals surface area contributed by atoms with Crippen LogP contribution in [-0.2, 0) is 15.8 Å². The highest BCUT2D eigenvalue weighted by atomic mass is 32.3. The number of aromatic nitrogens is 1. The number of aryl methyl sites for hydroxylation is 1. The van der Waals surface area contributed by atoms with Crippen LogP contribution in [0.25, 0.3) is 11.1 Å². The number of hydrogen-bond donors (Lipinski definition) is 1. The van der Waals surface area contributed by atoms with Crippen LogP contribution in [0, 0.1) is 0 Å². The molecule has 0 unspecified atom stereocenters. The summed E-state index contributed by atoms with van der Waals surface area (Å²) in [6.45, 7) is 5.60. The molecule has 1 aromatic carbocycles. The van der Waals surface area contributed by atoms with E-state index in [9.17, 15) is 8.76 Å². The van der Waals surface area contributed by atoms with Gasteiger partial charge >= 0.3 is 0 Å². The molecule has 2 aromatic rings. The van der Waals surface area contributed by atoms with Crippen molar-refractivity contribution in [1.82, 2.24) is 4.98 Å². The lowest BCUT2D eigenvalue weighted by Crippen LogP contribution is -2.28. The van der Waals surface area contributed by atoms with Crippen molar-refractivity contribution >= 4 is 15.0 Å². The van der Waals surface area contributed by atoms with Crippen molar-refractivity contribution in [2.24, 2.45) is 0 Å². The normalized spacial score (nSPS) is 14.9. The van der Waals surface area contributed by atoms with Crippen LogP contribution in [0.4, 0.5) is 5.69 Å². The molecule has 1 N–H and O–H groups in total. The zero-order valence-electron chi connectivity index (χ0n) is 19.5. The minimum Gasteiger partial charge on any atom is -0.374 e. The standard InChI is InChI=1S/C17H22N2O2S.C8H18/c1-19-8-4-5-14-9-13(6-7-17(14)19)15-10-16(12-18-11-15)22(2,3,20)21;1-3-5-7-8-6-4-2/h6-7,9-12H,4-5,8H2,1-3H3,(H,20,21);3-8H2,1-2H3. The Morgan fingerprint density at radius 2 is 1.67 bits per heavy atom. The summed E-state index contributed by atoms with van der Waals surface area (Å²) in [5.41, 5.74) is 4.52. The van der Waals surface area contributed by atoms with Crippen LogP contribution in [0.3, 0.4) is 0 Å². The molecule has 0 saturated carbocycles. The van der Waals surface area contributed by atoms with Gasteiger partial charge in [0.25, 0.3) is 0 Å². The van der Waals surface area contributed by atoms with E-state index < -0.39 is 9.35 Å². The second-order valence-electron chi connectivity index (χ2n) is 8.96. The van der Waals surface area contributed by atoms with Crippen molar-refractivity contribution in [3.63, 3.8) is 0 Å². The van der Waals surface area contributed by atoms with E-state index in [0.29, 0.717) is 4.90 Å². The molecule has 168 valence electrons. The number of benzene rings is 1. The van der Waals surface area contributed by atoms with Crippen LogP contribution >= 0.6 is 0 Å². The SMILES string of the molecule is CCCCCCCC.CN1CCCc2cc(-c3cncc(S(C)(C)(=O)O)c3)ccc21. The number of anilines is 1. The Balaban J connectivity index is 0.000000343. The molecule has 0 atom stereocenters. The molecule has 5 heteroatoms. The molecule has 4 nitrogen and oxygen atoms in total. The molecule has 1 aliphatic rings. The molecule has 0 amide bonds. The van der Waals surface area contributed by atoms with E-state index in [1.165, 1.54) is 68.5 Å². The fraction of sp³-hybridized carbons (Fsp3) is 0.560. The van der Waals surface area contributed by atoms with E-state index in [0.717, 1.165) is 30.5 Å². The van der Waals surface area contributed by atoms with Gasteiger partial charge in [-0.25, -0.2) is 4.21 Å². The first-order valence-corrected chi connectivity index (χ1v) is 14.0. The van der Waals surface area contributed by atoms with Crippen LogP contribution in [-0.4, -0.2) is 39.8 Å². The lowest BCUT2D eigenvalue weighted by molar-refractivity contribution is 0.526. The minimum atomic E-state index is -3.77. The summed E-state index contributed by atoms with van der Waals surface area (Å²) in [7, 11) is -1.66. The average molecular weight is 433 g/mol. The summed E-state index contributed by atoms with van der Waals surface area (Å²) >= 11 is 0. The summed E-state index contributed by atoms with van der Waals surface area (Å²) in [5.74, 6) is 0. The second kappa shape index (κ2) is 10.5. The molecule has 0 saturated heterocycles. The first-order valence-electron chi connectivity index (χ1n) is 11.3. The Hall–Kier alpha value is -1.72. The smallest absolute Gasteiger partial charge is 0.0726 e. The Morgan fingerprint density at radius 3 is 2.27 bits per heavy atom. The third-order valence-electron chi connectivity index (χ3n) is 5.61. The summed E-state index contributed by atoms with van der Waals surface area (Å²) in [6.07, 6.45) is 16.7. The molecule has 3 rings (SSSR count). The van der Waals surface area contributed by atoms with Gasteiger partial charge in [-0.2, -0.15) is 9.35 Å². The van der Waals surface area contributed by atoms with Crippen molar-refractivity contribution in [3.8, 4) is 11.1 Å². The van der Waals surface area contributed by atoms with Gasteiger partial charge in [-0.3, -0.25) is 9.54 Å². The molecule has 2 heterocycles. The molecule has 0 fully saturated rings. The van der Waals surface area contributed by atoms with Crippen LogP contribution in [0.2, 0.25) is 0 Å². The van der Waals surface area contributed by atoms with Crippen LogP contribution < -0.4 is 4.90 Å². The molecule has 0 radical (unpaired) electrons. The number of unbranched alkanes of at least 4 members (excludes halogenated alkanes) is 5. The highest BCUT2D eigenvalue weighted by Crippen LogP contribution is 2.33. The number of hydrogen-bond acceptors (Lipinski definition) is 3. The van der Waals surface area contributed by atoms with Crippen molar-refractivity contribution in [2.45, 2.75) is 70.1 Å². The molecular formula is C25H40N2O2S. The predicted molar refractivity (Wildman–Crippen MR) is 131 cm³/mol. The van der Waals surface area contributed by atoms with Crippen molar-refractivity contribution < 1.29 is 8.76 Å². The first-order chi connectivity index (χ1) is 14.1. The van der Waals surface area contributed by atoms with Gasteiger partial charge in [0.15, 0.2) is 0 Å². The number of nitrogens with zero attached hydrogens (tertiary/aromatic N) is 2. The second-order valence-corrected chi connectivity index (χ2v) is 13.0. The monoisotopic (exact) mass is 432 g/mol. The Kier molecular flexibility index (Phi) is 8.62. The molecule has 30 heavy (non-hydrogen) atoms. The molecular weight excluding hydrogens is 392 g/mol. The fourth-order valence-electron chi connectivity index (χ4n) is 3.71. The Bertz CT molecular complexity index is 871. The topological polar surface area (TPSA) is 53.4 Å². The highest BCUT2D eigenvalue weighted by Gasteiger charge is 2.19. The highest BCUT2D eigenvalue weighted by molar-refractivity contribution is 8.14. The summed E-state index contributed by atoms with van der Waals surface area (Å²) in [5, 5.41) is 0. The van der Waals surface area contributed by atoms with E-state index in [2.05, 4.69) is 49.0 Å². The Morgan fingerprint density at radius 1 is 1.00 bits per heavy atom. The van der Waals surface area contributed by atoms with Gasteiger partial charge in [-0.15, -0.1) is 0 Å². The third kappa shape index (κ3) is 7.21. The van der Waals surface area contributed by atoms with Crippen LogP contribution in [0.5, 0.6) is 0 Å². The molecule has 0 spiro atoms. The van der Waals surface area contributed by atoms with Gasteiger partial charge in [-0.1, -0.05) is 58.4 Å². The summed E-state index contributed by atoms with van der Waals surface area (Å²) in [6, 6.07) is 8.13. The van der Waals surface area contributed by atoms with Gasteiger partial charge in [0, 0.05) is 49.7 Å². The maximum Gasteiger partial charge on any atom is 0.0726 e. The lowest BCUT2D eigenvalue weighted by Gasteiger charge is -2.33. The van der Waals surface area contributed by atoms with E-state index >= 15 is 0 Å². The zero-order valence-corrected chi connectivity index (χ0v) is 20.3. The quantitative estimate of drug-likeness (QED) is 0.514. The number of fused-ring (bicyclic) bond motifs is 1. The largest absolute Gasteiger partial charge is 0.374 e. The van der Waals surface area contributed by atoms with E-state index in [4.69, 9.17) is 0 Å². The maximum absolute atomic E-state index is 12.4. The summed E-state index contributed by atoms with van der Waals surface area (Å²) in [4.78, 5) is 6.81. The Labute approximate surface area is 183 Å². The van der Waals surface area contributed by atoms with Gasteiger partial charge in [-0.05, 0) is 42.2 Å².